The van der Waals surface area contributed by atoms with Crippen molar-refractivity contribution in [3.8, 4) is 6.07 Å². The van der Waals surface area contributed by atoms with E-state index in [9.17, 15) is 9.59 Å². The lowest BCUT2D eigenvalue weighted by molar-refractivity contribution is -0.120. The number of carbonyl (C=O) groups excluding carboxylic acids is 1. The molecule has 0 unspecified atom stereocenters. The molecule has 1 aromatic carbocycles. The Hall–Kier alpha value is -2.94. The SMILES string of the molecule is Cn1nc2c(cc1=O)C[C@@H](C(=O)Nc1cccc(C#N)c1)CC2. The fourth-order valence-electron chi connectivity index (χ4n) is 2.82. The summed E-state index contributed by atoms with van der Waals surface area (Å²) < 4.78 is 1.33. The number of benzene rings is 1. The van der Waals surface area contributed by atoms with E-state index in [1.807, 2.05) is 6.07 Å². The Balaban J connectivity index is 1.75. The summed E-state index contributed by atoms with van der Waals surface area (Å²) >= 11 is 0. The minimum Gasteiger partial charge on any atom is -0.326 e. The van der Waals surface area contributed by atoms with Crippen LogP contribution in [0, 0.1) is 17.2 Å². The number of aromatic nitrogens is 2. The van der Waals surface area contributed by atoms with Crippen molar-refractivity contribution in [2.45, 2.75) is 19.3 Å². The Bertz CT molecular complexity index is 864. The van der Waals surface area contributed by atoms with E-state index in [2.05, 4.69) is 10.4 Å². The van der Waals surface area contributed by atoms with Gasteiger partial charge in [-0.2, -0.15) is 10.4 Å². The second kappa shape index (κ2) is 6.05. The normalized spacial score (nSPS) is 16.3. The van der Waals surface area contributed by atoms with Crippen LogP contribution in [0.15, 0.2) is 35.1 Å². The van der Waals surface area contributed by atoms with Gasteiger partial charge in [0.1, 0.15) is 0 Å². The number of nitrogens with zero attached hydrogens (tertiary/aromatic N) is 3. The van der Waals surface area contributed by atoms with E-state index in [-0.39, 0.29) is 17.4 Å². The summed E-state index contributed by atoms with van der Waals surface area (Å²) in [4.78, 5) is 24.1. The third-order valence-corrected chi connectivity index (χ3v) is 4.08. The summed E-state index contributed by atoms with van der Waals surface area (Å²) in [5.41, 5.74) is 2.70. The van der Waals surface area contributed by atoms with Crippen LogP contribution in [0.1, 0.15) is 23.2 Å². The zero-order valence-electron chi connectivity index (χ0n) is 12.7. The fraction of sp³-hybridized carbons (Fsp3) is 0.294. The Kier molecular flexibility index (Phi) is 3.94. The largest absolute Gasteiger partial charge is 0.326 e. The van der Waals surface area contributed by atoms with Gasteiger partial charge < -0.3 is 5.32 Å². The second-order valence-electron chi connectivity index (χ2n) is 5.70. The predicted octanol–water partition coefficient (Wildman–Crippen LogP) is 1.40. The van der Waals surface area contributed by atoms with Gasteiger partial charge in [-0.05, 0) is 43.0 Å². The number of fused-ring (bicyclic) bond motifs is 1. The lowest BCUT2D eigenvalue weighted by Crippen LogP contribution is -2.31. The van der Waals surface area contributed by atoms with Crippen molar-refractivity contribution in [1.82, 2.24) is 9.78 Å². The van der Waals surface area contributed by atoms with Gasteiger partial charge in [-0.15, -0.1) is 0 Å². The number of rotatable bonds is 2. The van der Waals surface area contributed by atoms with Gasteiger partial charge in [-0.3, -0.25) is 9.59 Å². The number of nitriles is 1. The van der Waals surface area contributed by atoms with E-state index >= 15 is 0 Å². The maximum absolute atomic E-state index is 12.4. The number of carbonyl (C=O) groups is 1. The maximum atomic E-state index is 12.4. The van der Waals surface area contributed by atoms with Crippen LogP contribution in [0.5, 0.6) is 0 Å². The van der Waals surface area contributed by atoms with Crippen molar-refractivity contribution in [2.75, 3.05) is 5.32 Å². The summed E-state index contributed by atoms with van der Waals surface area (Å²) in [6, 6.07) is 10.4. The molecule has 1 aliphatic rings. The van der Waals surface area contributed by atoms with E-state index in [0.29, 0.717) is 30.5 Å². The molecule has 1 aliphatic carbocycles. The highest BCUT2D eigenvalue weighted by atomic mass is 16.2. The summed E-state index contributed by atoms with van der Waals surface area (Å²) in [5, 5.41) is 16.0. The van der Waals surface area contributed by atoms with Crippen LogP contribution in [-0.2, 0) is 24.7 Å². The van der Waals surface area contributed by atoms with Crippen molar-refractivity contribution in [1.29, 1.82) is 5.26 Å². The minimum atomic E-state index is -0.192. The standard InChI is InChI=1S/C17H16N4O2/c1-21-16(22)9-13-8-12(5-6-15(13)20-21)17(23)19-14-4-2-3-11(7-14)10-18/h2-4,7,9,12H,5-6,8H2,1H3,(H,19,23)/t12-/m0/s1. The minimum absolute atomic E-state index is 0.0913. The molecule has 6 heteroatoms. The van der Waals surface area contributed by atoms with Crippen LogP contribution in [0.3, 0.4) is 0 Å². The molecule has 0 saturated heterocycles. The maximum Gasteiger partial charge on any atom is 0.266 e. The molecule has 6 nitrogen and oxygen atoms in total. The summed E-state index contributed by atoms with van der Waals surface area (Å²) in [6.07, 6.45) is 1.89. The summed E-state index contributed by atoms with van der Waals surface area (Å²) in [6.45, 7) is 0. The van der Waals surface area contributed by atoms with E-state index in [1.54, 1.807) is 37.4 Å². The smallest absolute Gasteiger partial charge is 0.266 e. The average molecular weight is 308 g/mol. The first-order chi connectivity index (χ1) is 11.1. The molecule has 0 saturated carbocycles. The van der Waals surface area contributed by atoms with Crippen molar-refractivity contribution in [3.63, 3.8) is 0 Å². The molecule has 1 atom stereocenters. The molecule has 2 aromatic rings. The highest BCUT2D eigenvalue weighted by Crippen LogP contribution is 2.24. The van der Waals surface area contributed by atoms with Gasteiger partial charge in [-0.25, -0.2) is 4.68 Å². The Morgan fingerprint density at radius 3 is 3.04 bits per heavy atom. The molecule has 0 bridgehead atoms. The van der Waals surface area contributed by atoms with Crippen molar-refractivity contribution < 1.29 is 4.79 Å². The summed E-state index contributed by atoms with van der Waals surface area (Å²) in [5.74, 6) is -0.284. The van der Waals surface area contributed by atoms with Crippen LogP contribution in [-0.4, -0.2) is 15.7 Å². The number of aryl methyl sites for hydroxylation is 2. The van der Waals surface area contributed by atoms with Gasteiger partial charge in [0, 0.05) is 24.7 Å². The topological polar surface area (TPSA) is 87.8 Å². The Morgan fingerprint density at radius 1 is 1.43 bits per heavy atom. The molecule has 0 spiro atoms. The highest BCUT2D eigenvalue weighted by molar-refractivity contribution is 5.93. The van der Waals surface area contributed by atoms with Gasteiger partial charge in [0.15, 0.2) is 0 Å². The van der Waals surface area contributed by atoms with Crippen molar-refractivity contribution >= 4 is 11.6 Å². The fourth-order valence-corrected chi connectivity index (χ4v) is 2.82. The van der Waals surface area contributed by atoms with E-state index in [0.717, 1.165) is 11.3 Å². The van der Waals surface area contributed by atoms with Crippen LogP contribution in [0.25, 0.3) is 0 Å². The Morgan fingerprint density at radius 2 is 2.26 bits per heavy atom. The monoisotopic (exact) mass is 308 g/mol. The molecule has 116 valence electrons. The van der Waals surface area contributed by atoms with E-state index in [4.69, 9.17) is 5.26 Å². The van der Waals surface area contributed by atoms with E-state index in [1.165, 1.54) is 4.68 Å². The second-order valence-corrected chi connectivity index (χ2v) is 5.70. The molecular formula is C17H16N4O2. The van der Waals surface area contributed by atoms with Crippen LogP contribution >= 0.6 is 0 Å². The number of nitrogens with one attached hydrogen (secondary N) is 1. The number of hydrogen-bond donors (Lipinski definition) is 1. The number of hydrogen-bond acceptors (Lipinski definition) is 4. The molecule has 1 heterocycles. The van der Waals surface area contributed by atoms with Gasteiger partial charge in [-0.1, -0.05) is 6.07 Å². The zero-order valence-corrected chi connectivity index (χ0v) is 12.7. The first-order valence-electron chi connectivity index (χ1n) is 7.44. The Labute approximate surface area is 133 Å². The molecule has 0 fully saturated rings. The molecule has 1 amide bonds. The van der Waals surface area contributed by atoms with Crippen molar-refractivity contribution in [3.05, 3.63) is 57.5 Å². The quantitative estimate of drug-likeness (QED) is 0.908. The molecule has 3 rings (SSSR count). The lowest BCUT2D eigenvalue weighted by atomic mass is 9.86. The third kappa shape index (κ3) is 3.14. The number of anilines is 1. The molecule has 0 radical (unpaired) electrons. The first kappa shape index (κ1) is 15.0. The molecule has 0 aliphatic heterocycles. The van der Waals surface area contributed by atoms with Crippen molar-refractivity contribution in [2.24, 2.45) is 13.0 Å². The zero-order chi connectivity index (χ0) is 16.4. The molecule has 1 N–H and O–H groups in total. The molecule has 23 heavy (non-hydrogen) atoms. The molecule has 1 aromatic heterocycles. The van der Waals surface area contributed by atoms with Gasteiger partial charge >= 0.3 is 0 Å². The van der Waals surface area contributed by atoms with E-state index < -0.39 is 0 Å². The van der Waals surface area contributed by atoms with Crippen LogP contribution in [0.4, 0.5) is 5.69 Å². The number of amides is 1. The highest BCUT2D eigenvalue weighted by Gasteiger charge is 2.26. The first-order valence-corrected chi connectivity index (χ1v) is 7.44. The van der Waals surface area contributed by atoms with Gasteiger partial charge in [0.25, 0.3) is 5.56 Å². The van der Waals surface area contributed by atoms with Gasteiger partial charge in [0.2, 0.25) is 5.91 Å². The third-order valence-electron chi connectivity index (χ3n) is 4.08. The molecular weight excluding hydrogens is 292 g/mol. The average Bonchev–Trinajstić information content (AvgIpc) is 2.55. The van der Waals surface area contributed by atoms with Gasteiger partial charge in [0.05, 0.1) is 17.3 Å². The van der Waals surface area contributed by atoms with Crippen LogP contribution < -0.4 is 10.9 Å². The van der Waals surface area contributed by atoms with Crippen LogP contribution in [0.2, 0.25) is 0 Å². The summed E-state index contributed by atoms with van der Waals surface area (Å²) in [7, 11) is 1.63. The predicted molar refractivity (Wildman–Crippen MR) is 84.8 cm³/mol. The lowest BCUT2D eigenvalue weighted by Gasteiger charge is -2.23.